The smallest absolute Gasteiger partial charge is 0.177 e. The number of hydrogen-bond donors (Lipinski definition) is 0. The molecule has 2 atom stereocenters. The number of aromatic nitrogens is 2. The van der Waals surface area contributed by atoms with Gasteiger partial charge in [-0.05, 0) is 61.1 Å². The van der Waals surface area contributed by atoms with E-state index in [4.69, 9.17) is 23.9 Å². The van der Waals surface area contributed by atoms with Crippen LogP contribution >= 0.6 is 0 Å². The summed E-state index contributed by atoms with van der Waals surface area (Å²) >= 11 is 0. The molecule has 1 unspecified atom stereocenters. The van der Waals surface area contributed by atoms with Gasteiger partial charge in [0.05, 0.1) is 36.7 Å². The van der Waals surface area contributed by atoms with Crippen LogP contribution in [0.3, 0.4) is 0 Å². The molecule has 0 N–H and O–H groups in total. The number of imidazole rings is 1. The minimum absolute atomic E-state index is 0.0666. The number of fused-ring (bicyclic) bond motifs is 1. The zero-order chi connectivity index (χ0) is 29.2. The molecule has 7 nitrogen and oxygen atoms in total. The van der Waals surface area contributed by atoms with Gasteiger partial charge in [0.15, 0.2) is 23.1 Å². The molecule has 216 valence electrons. The number of para-hydroxylation sites is 2. The number of benzene rings is 2. The molecule has 7 heteroatoms. The van der Waals surface area contributed by atoms with E-state index in [1.165, 1.54) is 0 Å². The van der Waals surface area contributed by atoms with Gasteiger partial charge in [0, 0.05) is 36.1 Å². The van der Waals surface area contributed by atoms with Crippen molar-refractivity contribution in [2.75, 3.05) is 13.7 Å². The molecule has 1 aliphatic carbocycles. The Bertz CT molecular complexity index is 1530. The fourth-order valence-corrected chi connectivity index (χ4v) is 5.50. The molecule has 1 fully saturated rings. The summed E-state index contributed by atoms with van der Waals surface area (Å²) in [6, 6.07) is 16.0. The lowest BCUT2D eigenvalue weighted by atomic mass is 9.68. The van der Waals surface area contributed by atoms with E-state index in [9.17, 15) is 4.79 Å². The Hall–Kier alpha value is -3.87. The highest BCUT2D eigenvalue weighted by Crippen LogP contribution is 2.44. The van der Waals surface area contributed by atoms with E-state index in [1.54, 1.807) is 13.4 Å². The summed E-state index contributed by atoms with van der Waals surface area (Å²) in [6.45, 7) is 12.2. The molecule has 0 bridgehead atoms. The van der Waals surface area contributed by atoms with Crippen LogP contribution in [0.1, 0.15) is 52.5 Å². The number of methoxy groups -OCH3 is 1. The van der Waals surface area contributed by atoms with Crippen molar-refractivity contribution in [1.29, 1.82) is 0 Å². The Morgan fingerprint density at radius 3 is 2.56 bits per heavy atom. The van der Waals surface area contributed by atoms with Crippen LogP contribution < -0.4 is 9.47 Å². The van der Waals surface area contributed by atoms with Crippen LogP contribution in [0, 0.1) is 29.6 Å². The summed E-state index contributed by atoms with van der Waals surface area (Å²) in [5.74, 6) is 3.18. The number of carbonyl (C=O) groups excluding carboxylic acids is 1. The SMILES string of the molecule is COc1cc(C)c(N=C[C@H]2CCCC2C=O)cc1OCC(C)(C)C(C)(C)Cn1c(-c2ccco2)nc2ccccc21. The zero-order valence-corrected chi connectivity index (χ0v) is 25.0. The molecule has 0 aliphatic heterocycles. The van der Waals surface area contributed by atoms with Gasteiger partial charge in [-0.1, -0.05) is 46.2 Å². The van der Waals surface area contributed by atoms with Gasteiger partial charge in [0.25, 0.3) is 0 Å². The largest absolute Gasteiger partial charge is 0.493 e. The van der Waals surface area contributed by atoms with E-state index in [1.807, 2.05) is 55.6 Å². The minimum Gasteiger partial charge on any atom is -0.493 e. The number of nitrogens with zero attached hydrogens (tertiary/aromatic N) is 3. The van der Waals surface area contributed by atoms with Crippen molar-refractivity contribution in [2.45, 2.75) is 60.4 Å². The zero-order valence-electron chi connectivity index (χ0n) is 25.0. The maximum absolute atomic E-state index is 11.4. The Morgan fingerprint density at radius 2 is 1.83 bits per heavy atom. The number of rotatable bonds is 11. The summed E-state index contributed by atoms with van der Waals surface area (Å²) in [5.41, 5.74) is 3.43. The lowest BCUT2D eigenvalue weighted by molar-refractivity contribution is -0.111. The second kappa shape index (κ2) is 11.6. The fourth-order valence-electron chi connectivity index (χ4n) is 5.50. The average Bonchev–Trinajstić information content (AvgIpc) is 3.71. The molecule has 1 saturated carbocycles. The fraction of sp³-hybridized carbons (Fsp3) is 0.441. The van der Waals surface area contributed by atoms with E-state index >= 15 is 0 Å². The van der Waals surface area contributed by atoms with Crippen molar-refractivity contribution in [3.63, 3.8) is 0 Å². The highest BCUT2D eigenvalue weighted by atomic mass is 16.5. The topological polar surface area (TPSA) is 78.9 Å². The van der Waals surface area contributed by atoms with Crippen molar-refractivity contribution in [1.82, 2.24) is 9.55 Å². The quantitative estimate of drug-likeness (QED) is 0.138. The van der Waals surface area contributed by atoms with Crippen molar-refractivity contribution in [2.24, 2.45) is 27.7 Å². The first-order valence-corrected chi connectivity index (χ1v) is 14.4. The van der Waals surface area contributed by atoms with Gasteiger partial charge >= 0.3 is 0 Å². The highest BCUT2D eigenvalue weighted by Gasteiger charge is 2.39. The highest BCUT2D eigenvalue weighted by molar-refractivity contribution is 5.79. The van der Waals surface area contributed by atoms with Crippen LogP contribution in [0.4, 0.5) is 5.69 Å². The van der Waals surface area contributed by atoms with E-state index in [2.05, 4.69) is 38.3 Å². The van der Waals surface area contributed by atoms with Crippen molar-refractivity contribution in [3.05, 3.63) is 60.4 Å². The minimum atomic E-state index is -0.237. The van der Waals surface area contributed by atoms with E-state index in [0.717, 1.165) is 66.0 Å². The first-order valence-electron chi connectivity index (χ1n) is 14.4. The molecule has 5 rings (SSSR count). The average molecular weight is 556 g/mol. The van der Waals surface area contributed by atoms with Crippen LogP contribution in [0.15, 0.2) is 64.2 Å². The Morgan fingerprint density at radius 1 is 1.05 bits per heavy atom. The van der Waals surface area contributed by atoms with E-state index in [0.29, 0.717) is 18.1 Å². The second-order valence-corrected chi connectivity index (χ2v) is 12.5. The maximum atomic E-state index is 11.4. The molecule has 4 aromatic rings. The molecule has 2 aromatic heterocycles. The van der Waals surface area contributed by atoms with Crippen molar-refractivity contribution in [3.8, 4) is 23.1 Å². The Balaban J connectivity index is 1.38. The monoisotopic (exact) mass is 555 g/mol. The summed E-state index contributed by atoms with van der Waals surface area (Å²) in [6.07, 6.45) is 7.72. The number of furan rings is 1. The van der Waals surface area contributed by atoms with Gasteiger partial charge in [-0.2, -0.15) is 0 Å². The third kappa shape index (κ3) is 5.81. The van der Waals surface area contributed by atoms with Crippen LogP contribution in [0.2, 0.25) is 0 Å². The predicted octanol–water partition coefficient (Wildman–Crippen LogP) is 8.06. The van der Waals surface area contributed by atoms with E-state index in [-0.39, 0.29) is 22.7 Å². The number of aliphatic imine (C=N–C) groups is 1. The van der Waals surface area contributed by atoms with Gasteiger partial charge in [0.1, 0.15) is 6.29 Å². The Kier molecular flexibility index (Phi) is 8.07. The predicted molar refractivity (Wildman–Crippen MR) is 163 cm³/mol. The lowest BCUT2D eigenvalue weighted by Gasteiger charge is -2.42. The number of hydrogen-bond acceptors (Lipinski definition) is 6. The number of carbonyl (C=O) groups is 1. The third-order valence-electron chi connectivity index (χ3n) is 9.06. The molecule has 41 heavy (non-hydrogen) atoms. The Labute approximate surface area is 242 Å². The number of ether oxygens (including phenoxy) is 2. The van der Waals surface area contributed by atoms with Crippen LogP contribution in [0.25, 0.3) is 22.6 Å². The maximum Gasteiger partial charge on any atom is 0.177 e. The molecular weight excluding hydrogens is 514 g/mol. The first-order chi connectivity index (χ1) is 19.6. The van der Waals surface area contributed by atoms with Gasteiger partial charge in [-0.15, -0.1) is 0 Å². The summed E-state index contributed by atoms with van der Waals surface area (Å²) in [5, 5.41) is 0. The number of aryl methyl sites for hydroxylation is 1. The summed E-state index contributed by atoms with van der Waals surface area (Å²) in [7, 11) is 1.66. The molecule has 2 aromatic carbocycles. The molecular formula is C34H41N3O4. The van der Waals surface area contributed by atoms with Gasteiger partial charge in [0.2, 0.25) is 0 Å². The second-order valence-electron chi connectivity index (χ2n) is 12.5. The van der Waals surface area contributed by atoms with Gasteiger partial charge < -0.3 is 23.3 Å². The van der Waals surface area contributed by atoms with Crippen molar-refractivity contribution < 1.29 is 18.7 Å². The molecule has 2 heterocycles. The van der Waals surface area contributed by atoms with Crippen LogP contribution in [-0.4, -0.2) is 35.8 Å². The van der Waals surface area contributed by atoms with E-state index < -0.39 is 0 Å². The standard InChI is InChI=1S/C34H41N3O4/c1-23-17-30(39-6)31(18-27(23)35-19-24-11-9-12-25(24)20-38)41-22-34(4,5)33(2,3)21-37-28-14-8-7-13-26(28)36-32(37)29-15-10-16-40-29/h7-8,10,13-20,24-25H,9,11-12,21-22H2,1-6H3/t24-,25?/m1/s1. The van der Waals surface area contributed by atoms with Gasteiger partial charge in [-0.25, -0.2) is 4.98 Å². The van der Waals surface area contributed by atoms with Gasteiger partial charge in [-0.3, -0.25) is 4.99 Å². The molecule has 0 saturated heterocycles. The summed E-state index contributed by atoms with van der Waals surface area (Å²) in [4.78, 5) is 21.1. The summed E-state index contributed by atoms with van der Waals surface area (Å²) < 4.78 is 20.2. The third-order valence-corrected chi connectivity index (χ3v) is 9.06. The normalized spacial score (nSPS) is 17.9. The van der Waals surface area contributed by atoms with Crippen LogP contribution in [0.5, 0.6) is 11.5 Å². The van der Waals surface area contributed by atoms with Crippen LogP contribution in [-0.2, 0) is 11.3 Å². The molecule has 0 radical (unpaired) electrons. The first kappa shape index (κ1) is 28.7. The van der Waals surface area contributed by atoms with Crippen molar-refractivity contribution >= 4 is 29.2 Å². The molecule has 1 aliphatic rings. The molecule has 0 spiro atoms. The lowest BCUT2D eigenvalue weighted by Crippen LogP contribution is -2.40. The number of aldehydes is 1. The molecule has 0 amide bonds.